The third-order valence-corrected chi connectivity index (χ3v) is 3.82. The van der Waals surface area contributed by atoms with Gasteiger partial charge in [0.25, 0.3) is 0 Å². The first kappa shape index (κ1) is 15.3. The van der Waals surface area contributed by atoms with Gasteiger partial charge in [-0.2, -0.15) is 0 Å². The molecule has 2 rings (SSSR count). The Balaban J connectivity index is 1.59. The molecular weight excluding hydrogens is 248 g/mol. The van der Waals surface area contributed by atoms with Gasteiger partial charge in [0.1, 0.15) is 5.75 Å². The minimum Gasteiger partial charge on any atom is -0.494 e. The molecule has 0 spiro atoms. The maximum Gasteiger partial charge on any atom is 0.119 e. The van der Waals surface area contributed by atoms with Crippen molar-refractivity contribution in [3.05, 3.63) is 29.8 Å². The smallest absolute Gasteiger partial charge is 0.119 e. The van der Waals surface area contributed by atoms with Crippen LogP contribution in [0, 0.1) is 0 Å². The highest BCUT2D eigenvalue weighted by atomic mass is 16.5. The molecule has 0 unspecified atom stereocenters. The Morgan fingerprint density at radius 3 is 2.85 bits per heavy atom. The number of piperidine rings is 1. The highest BCUT2D eigenvalue weighted by molar-refractivity contribution is 5.28. The van der Waals surface area contributed by atoms with Gasteiger partial charge in [-0.15, -0.1) is 0 Å². The average molecular weight is 276 g/mol. The van der Waals surface area contributed by atoms with Crippen molar-refractivity contribution < 1.29 is 4.74 Å². The van der Waals surface area contributed by atoms with Crippen molar-refractivity contribution in [2.45, 2.75) is 39.2 Å². The molecule has 1 saturated heterocycles. The molecule has 3 heteroatoms. The second-order valence-electron chi connectivity index (χ2n) is 5.51. The molecule has 0 aromatic heterocycles. The van der Waals surface area contributed by atoms with E-state index in [1.807, 2.05) is 13.0 Å². The van der Waals surface area contributed by atoms with Crippen molar-refractivity contribution >= 4 is 0 Å². The number of rotatable bonds is 8. The van der Waals surface area contributed by atoms with Crippen LogP contribution in [0.3, 0.4) is 0 Å². The molecule has 1 N–H and O–H groups in total. The summed E-state index contributed by atoms with van der Waals surface area (Å²) in [6.45, 7) is 8.62. The van der Waals surface area contributed by atoms with Crippen LogP contribution in [0.25, 0.3) is 0 Å². The molecule has 1 fully saturated rings. The Labute approximate surface area is 123 Å². The number of ether oxygens (including phenoxy) is 1. The predicted octanol–water partition coefficient (Wildman–Crippen LogP) is 3.05. The molecule has 3 nitrogen and oxygen atoms in total. The summed E-state index contributed by atoms with van der Waals surface area (Å²) in [7, 11) is 0. The first-order chi connectivity index (χ1) is 9.88. The van der Waals surface area contributed by atoms with E-state index >= 15 is 0 Å². The van der Waals surface area contributed by atoms with E-state index < -0.39 is 0 Å². The normalized spacial score (nSPS) is 16.2. The largest absolute Gasteiger partial charge is 0.494 e. The molecule has 0 radical (unpaired) electrons. The molecule has 0 aliphatic carbocycles. The number of hydrogen-bond donors (Lipinski definition) is 1. The van der Waals surface area contributed by atoms with Gasteiger partial charge in [-0.1, -0.05) is 18.6 Å². The number of benzene rings is 1. The van der Waals surface area contributed by atoms with E-state index in [0.29, 0.717) is 0 Å². The van der Waals surface area contributed by atoms with E-state index in [0.717, 1.165) is 25.4 Å². The lowest BCUT2D eigenvalue weighted by molar-refractivity contribution is 0.225. The van der Waals surface area contributed by atoms with Crippen LogP contribution in [-0.4, -0.2) is 37.7 Å². The van der Waals surface area contributed by atoms with Gasteiger partial charge in [-0.3, -0.25) is 0 Å². The topological polar surface area (TPSA) is 24.5 Å². The van der Waals surface area contributed by atoms with Crippen LogP contribution >= 0.6 is 0 Å². The third-order valence-electron chi connectivity index (χ3n) is 3.82. The lowest BCUT2D eigenvalue weighted by atomic mass is 10.1. The van der Waals surface area contributed by atoms with Crippen LogP contribution in [0.5, 0.6) is 5.75 Å². The summed E-state index contributed by atoms with van der Waals surface area (Å²) in [5, 5.41) is 3.53. The first-order valence-electron chi connectivity index (χ1n) is 8.03. The second-order valence-corrected chi connectivity index (χ2v) is 5.51. The van der Waals surface area contributed by atoms with Crippen molar-refractivity contribution in [1.29, 1.82) is 0 Å². The molecule has 20 heavy (non-hydrogen) atoms. The van der Waals surface area contributed by atoms with Crippen molar-refractivity contribution in [2.75, 3.05) is 32.8 Å². The average Bonchev–Trinajstić information content (AvgIpc) is 2.49. The second kappa shape index (κ2) is 8.98. The minimum atomic E-state index is 0.729. The van der Waals surface area contributed by atoms with Crippen LogP contribution in [0.1, 0.15) is 38.2 Å². The predicted molar refractivity (Wildman–Crippen MR) is 84.2 cm³/mol. The van der Waals surface area contributed by atoms with Gasteiger partial charge in [0.2, 0.25) is 0 Å². The maximum atomic E-state index is 5.52. The zero-order chi connectivity index (χ0) is 14.0. The molecule has 1 aromatic rings. The molecule has 0 bridgehead atoms. The first-order valence-corrected chi connectivity index (χ1v) is 8.03. The fourth-order valence-corrected chi connectivity index (χ4v) is 2.76. The Hall–Kier alpha value is -1.06. The summed E-state index contributed by atoms with van der Waals surface area (Å²) in [6.07, 6.45) is 5.44. The van der Waals surface area contributed by atoms with Crippen molar-refractivity contribution in [1.82, 2.24) is 10.2 Å². The summed E-state index contributed by atoms with van der Waals surface area (Å²) in [4.78, 5) is 2.60. The quantitative estimate of drug-likeness (QED) is 0.739. The number of nitrogens with one attached hydrogen (secondary N) is 1. The fourth-order valence-electron chi connectivity index (χ4n) is 2.76. The molecule has 1 aromatic carbocycles. The lowest BCUT2D eigenvalue weighted by Gasteiger charge is -2.26. The van der Waals surface area contributed by atoms with Crippen LogP contribution in [0.4, 0.5) is 0 Å². The zero-order valence-corrected chi connectivity index (χ0v) is 12.7. The Morgan fingerprint density at radius 1 is 1.20 bits per heavy atom. The van der Waals surface area contributed by atoms with E-state index in [2.05, 4.69) is 28.4 Å². The molecule has 0 atom stereocenters. The van der Waals surface area contributed by atoms with Crippen LogP contribution < -0.4 is 10.1 Å². The molecule has 112 valence electrons. The zero-order valence-electron chi connectivity index (χ0n) is 12.7. The van der Waals surface area contributed by atoms with Gasteiger partial charge in [0.05, 0.1) is 6.61 Å². The van der Waals surface area contributed by atoms with Crippen LogP contribution in [0.15, 0.2) is 24.3 Å². The maximum absolute atomic E-state index is 5.52. The van der Waals surface area contributed by atoms with Gasteiger partial charge in [-0.05, 0) is 70.1 Å². The highest BCUT2D eigenvalue weighted by Crippen LogP contribution is 2.13. The molecule has 0 saturated carbocycles. The van der Waals surface area contributed by atoms with E-state index in [-0.39, 0.29) is 0 Å². The van der Waals surface area contributed by atoms with Crippen molar-refractivity contribution in [2.24, 2.45) is 0 Å². The summed E-state index contributed by atoms with van der Waals surface area (Å²) in [5.41, 5.74) is 1.30. The van der Waals surface area contributed by atoms with E-state index in [4.69, 9.17) is 4.74 Å². The Bertz CT molecular complexity index is 375. The summed E-state index contributed by atoms with van der Waals surface area (Å²) in [5.74, 6) is 0.972. The van der Waals surface area contributed by atoms with Gasteiger partial charge >= 0.3 is 0 Å². The van der Waals surface area contributed by atoms with Crippen molar-refractivity contribution in [3.63, 3.8) is 0 Å². The summed E-state index contributed by atoms with van der Waals surface area (Å²) < 4.78 is 5.52. The molecule has 1 aliphatic rings. The standard InChI is InChI=1S/C17H28N2O/c1-2-20-17-9-6-8-16(14-17)15-18-10-7-13-19-11-4-3-5-12-19/h6,8-9,14,18H,2-5,7,10-13,15H2,1H3. The fraction of sp³-hybridized carbons (Fsp3) is 0.647. The molecular formula is C17H28N2O. The third kappa shape index (κ3) is 5.51. The van der Waals surface area contributed by atoms with Crippen LogP contribution in [0.2, 0.25) is 0 Å². The minimum absolute atomic E-state index is 0.729. The SMILES string of the molecule is CCOc1cccc(CNCCCN2CCCCC2)c1. The lowest BCUT2D eigenvalue weighted by Crippen LogP contribution is -2.32. The summed E-state index contributed by atoms with van der Waals surface area (Å²) >= 11 is 0. The summed E-state index contributed by atoms with van der Waals surface area (Å²) in [6, 6.07) is 8.36. The highest BCUT2D eigenvalue weighted by Gasteiger charge is 2.08. The molecule has 1 aliphatic heterocycles. The van der Waals surface area contributed by atoms with Gasteiger partial charge in [-0.25, -0.2) is 0 Å². The molecule has 1 heterocycles. The monoisotopic (exact) mass is 276 g/mol. The van der Waals surface area contributed by atoms with Crippen molar-refractivity contribution in [3.8, 4) is 5.75 Å². The number of nitrogens with zero attached hydrogens (tertiary/aromatic N) is 1. The molecule has 0 amide bonds. The Morgan fingerprint density at radius 2 is 2.05 bits per heavy atom. The van der Waals surface area contributed by atoms with Gasteiger partial charge in [0, 0.05) is 6.54 Å². The van der Waals surface area contributed by atoms with E-state index in [1.54, 1.807) is 0 Å². The van der Waals surface area contributed by atoms with E-state index in [9.17, 15) is 0 Å². The van der Waals surface area contributed by atoms with E-state index in [1.165, 1.54) is 50.9 Å². The van der Waals surface area contributed by atoms with Crippen LogP contribution in [-0.2, 0) is 6.54 Å². The van der Waals surface area contributed by atoms with Gasteiger partial charge in [0.15, 0.2) is 0 Å². The number of likely N-dealkylation sites (tertiary alicyclic amines) is 1. The van der Waals surface area contributed by atoms with Gasteiger partial charge < -0.3 is 15.0 Å². The number of hydrogen-bond acceptors (Lipinski definition) is 3. The Kier molecular flexibility index (Phi) is 6.89.